The molecule has 0 atom stereocenters. The van der Waals surface area contributed by atoms with Crippen LogP contribution in [0.25, 0.3) is 0 Å². The van der Waals surface area contributed by atoms with Crippen LogP contribution in [0, 0.1) is 0 Å². The van der Waals surface area contributed by atoms with Crippen LogP contribution in [-0.4, -0.2) is 50.9 Å². The quantitative estimate of drug-likeness (QED) is 0.685. The Labute approximate surface area is 115 Å². The summed E-state index contributed by atoms with van der Waals surface area (Å²) >= 11 is 0. The summed E-state index contributed by atoms with van der Waals surface area (Å²) in [7, 11) is 5.38. The zero-order chi connectivity index (χ0) is 14.1. The molecule has 1 aromatic rings. The highest BCUT2D eigenvalue weighted by atomic mass is 16.5. The van der Waals surface area contributed by atoms with Crippen molar-refractivity contribution in [3.05, 3.63) is 11.9 Å². The van der Waals surface area contributed by atoms with Crippen LogP contribution in [0.5, 0.6) is 0 Å². The fourth-order valence-electron chi connectivity index (χ4n) is 1.70. The maximum absolute atomic E-state index is 5.10. The first-order chi connectivity index (χ1) is 9.21. The van der Waals surface area contributed by atoms with Crippen LogP contribution in [0.4, 0.5) is 11.6 Å². The largest absolute Gasteiger partial charge is 0.385 e. The van der Waals surface area contributed by atoms with Gasteiger partial charge in [-0.3, -0.25) is 0 Å². The Balaban J connectivity index is 2.78. The Morgan fingerprint density at radius 3 is 2.68 bits per heavy atom. The van der Waals surface area contributed by atoms with Gasteiger partial charge in [0.05, 0.1) is 0 Å². The van der Waals surface area contributed by atoms with Crippen LogP contribution in [0.3, 0.4) is 0 Å². The second-order valence-electron chi connectivity index (χ2n) is 4.26. The SMILES string of the molecule is CCNc1cc(N(C)CCCOC)nc(COC)n1. The molecule has 0 fully saturated rings. The van der Waals surface area contributed by atoms with Crippen molar-refractivity contribution in [1.82, 2.24) is 9.97 Å². The number of ether oxygens (including phenoxy) is 2. The van der Waals surface area contributed by atoms with Crippen LogP contribution < -0.4 is 10.2 Å². The first-order valence-electron chi connectivity index (χ1n) is 6.52. The van der Waals surface area contributed by atoms with E-state index in [1.54, 1.807) is 14.2 Å². The van der Waals surface area contributed by atoms with E-state index in [2.05, 4.69) is 20.2 Å². The molecule has 0 amide bonds. The molecule has 0 radical (unpaired) electrons. The highest BCUT2D eigenvalue weighted by Gasteiger charge is 2.08. The lowest BCUT2D eigenvalue weighted by molar-refractivity contribution is 0.178. The van der Waals surface area contributed by atoms with Gasteiger partial charge in [-0.05, 0) is 13.3 Å². The third-order valence-electron chi connectivity index (χ3n) is 2.62. The molecule has 0 spiro atoms. The van der Waals surface area contributed by atoms with E-state index in [9.17, 15) is 0 Å². The van der Waals surface area contributed by atoms with Crippen molar-refractivity contribution in [2.24, 2.45) is 0 Å². The Morgan fingerprint density at radius 2 is 2.05 bits per heavy atom. The zero-order valence-corrected chi connectivity index (χ0v) is 12.3. The molecule has 1 N–H and O–H groups in total. The second-order valence-corrected chi connectivity index (χ2v) is 4.26. The number of rotatable bonds is 9. The number of nitrogens with one attached hydrogen (secondary N) is 1. The number of aromatic nitrogens is 2. The predicted molar refractivity (Wildman–Crippen MR) is 76.7 cm³/mol. The van der Waals surface area contributed by atoms with Gasteiger partial charge < -0.3 is 19.7 Å². The van der Waals surface area contributed by atoms with E-state index >= 15 is 0 Å². The van der Waals surface area contributed by atoms with E-state index in [-0.39, 0.29) is 0 Å². The minimum absolute atomic E-state index is 0.415. The molecular formula is C13H24N4O2. The smallest absolute Gasteiger partial charge is 0.158 e. The standard InChI is InChI=1S/C13H24N4O2/c1-5-14-11-9-13(16-12(15-11)10-19-4)17(2)7-6-8-18-3/h9H,5-8,10H2,1-4H3,(H,14,15,16). The summed E-state index contributed by atoms with van der Waals surface area (Å²) in [6.45, 7) is 4.93. The molecule has 0 aliphatic heterocycles. The van der Waals surface area contributed by atoms with E-state index < -0.39 is 0 Å². The maximum atomic E-state index is 5.10. The number of anilines is 2. The highest BCUT2D eigenvalue weighted by molar-refractivity contribution is 5.48. The fraction of sp³-hybridized carbons (Fsp3) is 0.692. The lowest BCUT2D eigenvalue weighted by Crippen LogP contribution is -2.22. The molecule has 0 bridgehead atoms. The normalized spacial score (nSPS) is 10.5. The van der Waals surface area contributed by atoms with Gasteiger partial charge in [-0.25, -0.2) is 9.97 Å². The van der Waals surface area contributed by atoms with Crippen molar-refractivity contribution in [3.8, 4) is 0 Å². The van der Waals surface area contributed by atoms with Crippen LogP contribution in [-0.2, 0) is 16.1 Å². The van der Waals surface area contributed by atoms with Crippen molar-refractivity contribution in [2.75, 3.05) is 51.2 Å². The van der Waals surface area contributed by atoms with E-state index in [1.165, 1.54) is 0 Å². The number of nitrogens with zero attached hydrogens (tertiary/aromatic N) is 3. The van der Waals surface area contributed by atoms with Gasteiger partial charge >= 0.3 is 0 Å². The summed E-state index contributed by atoms with van der Waals surface area (Å²) in [6, 6.07) is 1.95. The number of hydrogen-bond acceptors (Lipinski definition) is 6. The zero-order valence-electron chi connectivity index (χ0n) is 12.3. The first-order valence-corrected chi connectivity index (χ1v) is 6.52. The molecule has 19 heavy (non-hydrogen) atoms. The van der Waals surface area contributed by atoms with Crippen LogP contribution in [0.2, 0.25) is 0 Å². The van der Waals surface area contributed by atoms with Crippen molar-refractivity contribution >= 4 is 11.6 Å². The van der Waals surface area contributed by atoms with E-state index in [0.29, 0.717) is 12.4 Å². The summed E-state index contributed by atoms with van der Waals surface area (Å²) in [5.74, 6) is 2.42. The van der Waals surface area contributed by atoms with E-state index in [0.717, 1.165) is 37.8 Å². The van der Waals surface area contributed by atoms with Crippen LogP contribution in [0.15, 0.2) is 6.07 Å². The molecule has 6 heteroatoms. The van der Waals surface area contributed by atoms with Gasteiger partial charge in [0.2, 0.25) is 0 Å². The molecule has 0 unspecified atom stereocenters. The first kappa shape index (κ1) is 15.7. The summed E-state index contributed by atoms with van der Waals surface area (Å²) in [5.41, 5.74) is 0. The van der Waals surface area contributed by atoms with Crippen molar-refractivity contribution in [3.63, 3.8) is 0 Å². The molecule has 0 aromatic carbocycles. The van der Waals surface area contributed by atoms with Gasteiger partial charge in [-0.1, -0.05) is 0 Å². The second kappa shape index (κ2) is 8.66. The summed E-state index contributed by atoms with van der Waals surface area (Å²) < 4.78 is 10.2. The van der Waals surface area contributed by atoms with Crippen molar-refractivity contribution in [1.29, 1.82) is 0 Å². The minimum Gasteiger partial charge on any atom is -0.385 e. The Kier molecular flexibility index (Phi) is 7.14. The molecule has 0 aliphatic rings. The average molecular weight is 268 g/mol. The summed E-state index contributed by atoms with van der Waals surface area (Å²) in [4.78, 5) is 11.0. The van der Waals surface area contributed by atoms with Gasteiger partial charge in [0.1, 0.15) is 18.2 Å². The van der Waals surface area contributed by atoms with E-state index in [4.69, 9.17) is 9.47 Å². The maximum Gasteiger partial charge on any atom is 0.158 e. The van der Waals surface area contributed by atoms with Gasteiger partial charge in [0.15, 0.2) is 5.82 Å². The van der Waals surface area contributed by atoms with Crippen LogP contribution >= 0.6 is 0 Å². The van der Waals surface area contributed by atoms with Gasteiger partial charge in [-0.2, -0.15) is 0 Å². The Hall–Kier alpha value is -1.40. The third kappa shape index (κ3) is 5.40. The van der Waals surface area contributed by atoms with Gasteiger partial charge in [0.25, 0.3) is 0 Å². The lowest BCUT2D eigenvalue weighted by atomic mass is 10.4. The molecule has 6 nitrogen and oxygen atoms in total. The van der Waals surface area contributed by atoms with Gasteiger partial charge in [-0.15, -0.1) is 0 Å². The highest BCUT2D eigenvalue weighted by Crippen LogP contribution is 2.15. The predicted octanol–water partition coefficient (Wildman–Crippen LogP) is 1.53. The fourth-order valence-corrected chi connectivity index (χ4v) is 1.70. The Bertz CT molecular complexity index is 349. The molecule has 108 valence electrons. The summed E-state index contributed by atoms with van der Waals surface area (Å²) in [6.07, 6.45) is 0.965. The molecule has 1 aromatic heterocycles. The van der Waals surface area contributed by atoms with Gasteiger partial charge in [0, 0.05) is 47.0 Å². The lowest BCUT2D eigenvalue weighted by Gasteiger charge is -2.19. The monoisotopic (exact) mass is 268 g/mol. The molecular weight excluding hydrogens is 244 g/mol. The average Bonchev–Trinajstić information content (AvgIpc) is 2.39. The number of hydrogen-bond donors (Lipinski definition) is 1. The molecule has 0 saturated heterocycles. The Morgan fingerprint density at radius 1 is 1.26 bits per heavy atom. The van der Waals surface area contributed by atoms with Crippen molar-refractivity contribution in [2.45, 2.75) is 20.0 Å². The molecule has 0 saturated carbocycles. The summed E-state index contributed by atoms with van der Waals surface area (Å²) in [5, 5.41) is 3.21. The van der Waals surface area contributed by atoms with Crippen LogP contribution in [0.1, 0.15) is 19.2 Å². The molecule has 0 aliphatic carbocycles. The van der Waals surface area contributed by atoms with Crippen molar-refractivity contribution < 1.29 is 9.47 Å². The molecule has 1 heterocycles. The topological polar surface area (TPSA) is 59.5 Å². The minimum atomic E-state index is 0.415. The molecule has 1 rings (SSSR count). The van der Waals surface area contributed by atoms with E-state index in [1.807, 2.05) is 20.0 Å². The number of methoxy groups -OCH3 is 2. The third-order valence-corrected chi connectivity index (χ3v) is 2.62.